The molecule has 0 fully saturated rings. The Balaban J connectivity index is 2.60. The summed E-state index contributed by atoms with van der Waals surface area (Å²) < 4.78 is 0. The molecule has 0 spiro atoms. The van der Waals surface area contributed by atoms with Gasteiger partial charge in [-0.05, 0) is 27.7 Å². The van der Waals surface area contributed by atoms with Crippen molar-refractivity contribution in [2.45, 2.75) is 33.2 Å². The maximum Gasteiger partial charge on any atom is 0.239 e. The highest BCUT2D eigenvalue weighted by molar-refractivity contribution is 5.81. The Labute approximate surface area is 107 Å². The van der Waals surface area contributed by atoms with Crippen molar-refractivity contribution in [3.63, 3.8) is 0 Å². The van der Waals surface area contributed by atoms with Crippen LogP contribution >= 0.6 is 0 Å². The van der Waals surface area contributed by atoms with Crippen molar-refractivity contribution in [2.75, 3.05) is 17.3 Å². The third kappa shape index (κ3) is 4.54. The maximum absolute atomic E-state index is 11.6. The number of amides is 1. The minimum absolute atomic E-state index is 0.0947. The predicted octanol–water partition coefficient (Wildman–Crippen LogP) is 0.397. The quantitative estimate of drug-likeness (QED) is 0.456. The summed E-state index contributed by atoms with van der Waals surface area (Å²) in [5.41, 5.74) is 2.96. The maximum atomic E-state index is 11.6. The minimum atomic E-state index is -0.247. The Kier molecular flexibility index (Phi) is 4.43. The van der Waals surface area contributed by atoms with Crippen molar-refractivity contribution in [1.29, 1.82) is 0 Å². The molecule has 5 N–H and O–H groups in total. The second-order valence-electron chi connectivity index (χ2n) is 5.02. The lowest BCUT2D eigenvalue weighted by atomic mass is 10.1. The molecule has 7 heteroatoms. The normalized spacial score (nSPS) is 10.9. The van der Waals surface area contributed by atoms with Crippen LogP contribution in [-0.4, -0.2) is 28.0 Å². The van der Waals surface area contributed by atoms with Crippen LogP contribution in [0.3, 0.4) is 0 Å². The number of hydrazine groups is 1. The van der Waals surface area contributed by atoms with E-state index in [2.05, 4.69) is 26.0 Å². The average molecular weight is 252 g/mol. The van der Waals surface area contributed by atoms with E-state index >= 15 is 0 Å². The molecule has 1 amide bonds. The van der Waals surface area contributed by atoms with Gasteiger partial charge in [-0.25, -0.2) is 10.8 Å². The third-order valence-electron chi connectivity index (χ3n) is 2.03. The number of hydrogen-bond acceptors (Lipinski definition) is 6. The number of anilines is 2. The molecular weight excluding hydrogens is 232 g/mol. The second-order valence-corrected chi connectivity index (χ2v) is 5.02. The first-order valence-corrected chi connectivity index (χ1v) is 5.67. The number of nitrogens with zero attached hydrogens (tertiary/aromatic N) is 2. The molecule has 1 aromatic rings. The zero-order valence-electron chi connectivity index (χ0n) is 11.2. The number of nitrogens with two attached hydrogens (primary N) is 1. The lowest BCUT2D eigenvalue weighted by Crippen LogP contribution is -2.43. The molecule has 0 unspecified atom stereocenters. The third-order valence-corrected chi connectivity index (χ3v) is 2.03. The zero-order valence-corrected chi connectivity index (χ0v) is 11.2. The molecular formula is C11H20N6O. The first kappa shape index (κ1) is 14.2. The van der Waals surface area contributed by atoms with Gasteiger partial charge in [0.05, 0.1) is 6.54 Å². The molecule has 1 aromatic heterocycles. The van der Waals surface area contributed by atoms with Gasteiger partial charge in [-0.2, -0.15) is 4.98 Å². The standard InChI is InChI=1S/C11H20N6O/c1-7-5-14-10(17-12)15-9(7)13-6-8(18)16-11(2,3)4/h5H,6,12H2,1-4H3,(H,16,18)(H2,13,14,15,17). The number of hydrogen-bond donors (Lipinski definition) is 4. The van der Waals surface area contributed by atoms with Crippen molar-refractivity contribution >= 4 is 17.7 Å². The number of nitrogen functional groups attached to an aromatic ring is 1. The van der Waals surface area contributed by atoms with Crippen LogP contribution in [0.4, 0.5) is 11.8 Å². The van der Waals surface area contributed by atoms with Gasteiger partial charge in [0.25, 0.3) is 0 Å². The Bertz CT molecular complexity index is 426. The van der Waals surface area contributed by atoms with Crippen LogP contribution in [0, 0.1) is 6.92 Å². The van der Waals surface area contributed by atoms with Crippen LogP contribution in [0.25, 0.3) is 0 Å². The molecule has 0 aliphatic rings. The summed E-state index contributed by atoms with van der Waals surface area (Å²) in [4.78, 5) is 19.7. The number of aromatic nitrogens is 2. The van der Waals surface area contributed by atoms with Crippen molar-refractivity contribution in [3.8, 4) is 0 Å². The van der Waals surface area contributed by atoms with E-state index in [-0.39, 0.29) is 18.0 Å². The highest BCUT2D eigenvalue weighted by atomic mass is 16.2. The van der Waals surface area contributed by atoms with Gasteiger partial charge >= 0.3 is 0 Å². The Hall–Kier alpha value is -1.89. The molecule has 1 heterocycles. The summed E-state index contributed by atoms with van der Waals surface area (Å²) in [6, 6.07) is 0. The molecule has 0 atom stereocenters. The number of aryl methyl sites for hydroxylation is 1. The lowest BCUT2D eigenvalue weighted by Gasteiger charge is -2.20. The fourth-order valence-corrected chi connectivity index (χ4v) is 1.32. The van der Waals surface area contributed by atoms with Crippen LogP contribution in [0.2, 0.25) is 0 Å². The Morgan fingerprint density at radius 2 is 2.11 bits per heavy atom. The molecule has 1 rings (SSSR count). The first-order chi connectivity index (χ1) is 8.31. The van der Waals surface area contributed by atoms with Gasteiger partial charge in [0.1, 0.15) is 5.82 Å². The van der Waals surface area contributed by atoms with E-state index in [1.807, 2.05) is 27.7 Å². The van der Waals surface area contributed by atoms with E-state index in [1.54, 1.807) is 6.20 Å². The Morgan fingerprint density at radius 3 is 2.67 bits per heavy atom. The van der Waals surface area contributed by atoms with E-state index in [9.17, 15) is 4.79 Å². The van der Waals surface area contributed by atoms with Gasteiger partial charge in [-0.1, -0.05) is 0 Å². The summed E-state index contributed by atoms with van der Waals surface area (Å²) >= 11 is 0. The van der Waals surface area contributed by atoms with E-state index in [1.165, 1.54) is 0 Å². The number of nitrogens with one attached hydrogen (secondary N) is 3. The van der Waals surface area contributed by atoms with E-state index in [0.29, 0.717) is 11.8 Å². The molecule has 100 valence electrons. The average Bonchev–Trinajstić information content (AvgIpc) is 2.25. The SMILES string of the molecule is Cc1cnc(NN)nc1NCC(=O)NC(C)(C)C. The van der Waals surface area contributed by atoms with Crippen molar-refractivity contribution in [2.24, 2.45) is 5.84 Å². The van der Waals surface area contributed by atoms with Crippen molar-refractivity contribution < 1.29 is 4.79 Å². The van der Waals surface area contributed by atoms with Gasteiger partial charge in [-0.3, -0.25) is 10.2 Å². The monoisotopic (exact) mass is 252 g/mol. The molecule has 0 aliphatic heterocycles. The second kappa shape index (κ2) is 5.63. The summed E-state index contributed by atoms with van der Waals surface area (Å²) in [5, 5.41) is 5.80. The lowest BCUT2D eigenvalue weighted by molar-refractivity contribution is -0.120. The van der Waals surface area contributed by atoms with Crippen LogP contribution < -0.4 is 21.9 Å². The first-order valence-electron chi connectivity index (χ1n) is 5.67. The fourth-order valence-electron chi connectivity index (χ4n) is 1.32. The van der Waals surface area contributed by atoms with E-state index < -0.39 is 0 Å². The molecule has 0 aliphatic carbocycles. The molecule has 0 saturated carbocycles. The van der Waals surface area contributed by atoms with Gasteiger partial charge in [0.15, 0.2) is 0 Å². The molecule has 0 bridgehead atoms. The molecule has 0 aromatic carbocycles. The zero-order chi connectivity index (χ0) is 13.8. The summed E-state index contributed by atoms with van der Waals surface area (Å²) in [5.74, 6) is 6.02. The van der Waals surface area contributed by atoms with Crippen molar-refractivity contribution in [3.05, 3.63) is 11.8 Å². The van der Waals surface area contributed by atoms with Gasteiger partial charge in [0, 0.05) is 17.3 Å². The van der Waals surface area contributed by atoms with Crippen LogP contribution in [-0.2, 0) is 4.79 Å². The van der Waals surface area contributed by atoms with Gasteiger partial charge in [-0.15, -0.1) is 0 Å². The summed E-state index contributed by atoms with van der Waals surface area (Å²) in [6.07, 6.45) is 1.63. The fraction of sp³-hybridized carbons (Fsp3) is 0.545. The number of rotatable bonds is 4. The van der Waals surface area contributed by atoms with Gasteiger partial charge < -0.3 is 10.6 Å². The molecule has 7 nitrogen and oxygen atoms in total. The number of carbonyl (C=O) groups excluding carboxylic acids is 1. The topological polar surface area (TPSA) is 105 Å². The van der Waals surface area contributed by atoms with Gasteiger partial charge in [0.2, 0.25) is 11.9 Å². The smallest absolute Gasteiger partial charge is 0.239 e. The molecule has 0 saturated heterocycles. The minimum Gasteiger partial charge on any atom is -0.361 e. The largest absolute Gasteiger partial charge is 0.361 e. The van der Waals surface area contributed by atoms with Crippen LogP contribution in [0.15, 0.2) is 6.20 Å². The summed E-state index contributed by atoms with van der Waals surface area (Å²) in [6.45, 7) is 7.79. The molecule has 18 heavy (non-hydrogen) atoms. The van der Waals surface area contributed by atoms with Crippen LogP contribution in [0.5, 0.6) is 0 Å². The van der Waals surface area contributed by atoms with E-state index in [0.717, 1.165) is 5.56 Å². The van der Waals surface area contributed by atoms with Crippen LogP contribution in [0.1, 0.15) is 26.3 Å². The van der Waals surface area contributed by atoms with E-state index in [4.69, 9.17) is 5.84 Å². The summed E-state index contributed by atoms with van der Waals surface area (Å²) in [7, 11) is 0. The highest BCUT2D eigenvalue weighted by Crippen LogP contribution is 2.11. The molecule has 0 radical (unpaired) electrons. The predicted molar refractivity (Wildman–Crippen MR) is 71.0 cm³/mol. The van der Waals surface area contributed by atoms with Crippen molar-refractivity contribution in [1.82, 2.24) is 15.3 Å². The Morgan fingerprint density at radius 1 is 1.44 bits per heavy atom. The number of carbonyl (C=O) groups is 1. The highest BCUT2D eigenvalue weighted by Gasteiger charge is 2.13.